The van der Waals surface area contributed by atoms with Gasteiger partial charge in [-0.25, -0.2) is 4.98 Å². The number of aromatic nitrogens is 3. The summed E-state index contributed by atoms with van der Waals surface area (Å²) in [5.74, 6) is 1.08. The van der Waals surface area contributed by atoms with Gasteiger partial charge in [0.05, 0.1) is 19.9 Å². The van der Waals surface area contributed by atoms with Crippen LogP contribution in [-0.4, -0.2) is 34.9 Å². The van der Waals surface area contributed by atoms with E-state index in [4.69, 9.17) is 9.47 Å². The van der Waals surface area contributed by atoms with Crippen LogP contribution in [0.1, 0.15) is 17.4 Å². The molecule has 7 nitrogen and oxygen atoms in total. The SMILES string of the molecule is CCn1ccc(C(=O)Nc2nc(-c3ccc(OC)cc3OC)cs2)n1. The summed E-state index contributed by atoms with van der Waals surface area (Å²) in [5, 5.41) is 9.33. The van der Waals surface area contributed by atoms with Gasteiger partial charge in [0.25, 0.3) is 5.91 Å². The Hall–Kier alpha value is -2.87. The molecule has 0 bridgehead atoms. The van der Waals surface area contributed by atoms with E-state index in [1.807, 2.05) is 24.4 Å². The first-order chi connectivity index (χ1) is 12.1. The van der Waals surface area contributed by atoms with Gasteiger partial charge in [0.15, 0.2) is 10.8 Å². The van der Waals surface area contributed by atoms with Gasteiger partial charge in [0, 0.05) is 29.8 Å². The number of hydrogen-bond acceptors (Lipinski definition) is 6. The van der Waals surface area contributed by atoms with E-state index >= 15 is 0 Å². The van der Waals surface area contributed by atoms with E-state index in [1.54, 1.807) is 37.2 Å². The largest absolute Gasteiger partial charge is 0.497 e. The Morgan fingerprint density at radius 3 is 2.80 bits per heavy atom. The molecule has 8 heteroatoms. The van der Waals surface area contributed by atoms with E-state index in [2.05, 4.69) is 15.4 Å². The van der Waals surface area contributed by atoms with Gasteiger partial charge in [-0.2, -0.15) is 5.10 Å². The molecule has 0 spiro atoms. The fraction of sp³-hybridized carbons (Fsp3) is 0.235. The van der Waals surface area contributed by atoms with E-state index in [0.717, 1.165) is 11.3 Å². The van der Waals surface area contributed by atoms with E-state index in [0.29, 0.717) is 28.9 Å². The van der Waals surface area contributed by atoms with Crippen LogP contribution in [0.4, 0.5) is 5.13 Å². The normalized spacial score (nSPS) is 10.5. The Kier molecular flexibility index (Phi) is 4.99. The smallest absolute Gasteiger partial charge is 0.277 e. The van der Waals surface area contributed by atoms with Crippen molar-refractivity contribution in [1.82, 2.24) is 14.8 Å². The summed E-state index contributed by atoms with van der Waals surface area (Å²) in [6.45, 7) is 2.68. The van der Waals surface area contributed by atoms with Crippen LogP contribution in [0, 0.1) is 0 Å². The summed E-state index contributed by atoms with van der Waals surface area (Å²) in [4.78, 5) is 16.7. The molecular formula is C17H18N4O3S. The monoisotopic (exact) mass is 358 g/mol. The molecule has 0 radical (unpaired) electrons. The molecule has 2 aromatic heterocycles. The predicted octanol–water partition coefficient (Wildman–Crippen LogP) is 3.30. The number of rotatable bonds is 6. The summed E-state index contributed by atoms with van der Waals surface area (Å²) < 4.78 is 12.3. The molecule has 1 aromatic carbocycles. The van der Waals surface area contributed by atoms with Crippen LogP contribution in [0.25, 0.3) is 11.3 Å². The topological polar surface area (TPSA) is 78.3 Å². The van der Waals surface area contributed by atoms with Gasteiger partial charge in [0.2, 0.25) is 0 Å². The maximum atomic E-state index is 12.2. The number of nitrogens with one attached hydrogen (secondary N) is 1. The fourth-order valence-electron chi connectivity index (χ4n) is 2.29. The standard InChI is InChI=1S/C17H18N4O3S/c1-4-21-8-7-13(20-21)16(22)19-17-18-14(10-25-17)12-6-5-11(23-2)9-15(12)24-3/h5-10H,4H2,1-3H3,(H,18,19,22). The number of carbonyl (C=O) groups excluding carboxylic acids is 1. The highest BCUT2D eigenvalue weighted by molar-refractivity contribution is 7.14. The van der Waals surface area contributed by atoms with Gasteiger partial charge >= 0.3 is 0 Å². The molecule has 25 heavy (non-hydrogen) atoms. The molecule has 0 aliphatic rings. The maximum Gasteiger partial charge on any atom is 0.277 e. The van der Waals surface area contributed by atoms with Gasteiger partial charge in [-0.05, 0) is 25.1 Å². The minimum atomic E-state index is -0.283. The van der Waals surface area contributed by atoms with E-state index in [1.165, 1.54) is 11.3 Å². The lowest BCUT2D eigenvalue weighted by Crippen LogP contribution is -2.13. The van der Waals surface area contributed by atoms with Crippen LogP contribution < -0.4 is 14.8 Å². The number of thiazole rings is 1. The van der Waals surface area contributed by atoms with Crippen molar-refractivity contribution in [2.75, 3.05) is 19.5 Å². The van der Waals surface area contributed by atoms with Crippen molar-refractivity contribution in [3.05, 3.63) is 41.5 Å². The number of carbonyl (C=O) groups is 1. The highest BCUT2D eigenvalue weighted by Crippen LogP contribution is 2.34. The summed E-state index contributed by atoms with van der Waals surface area (Å²) in [7, 11) is 3.20. The van der Waals surface area contributed by atoms with Crippen LogP contribution in [-0.2, 0) is 6.54 Å². The second-order valence-electron chi connectivity index (χ2n) is 5.11. The molecule has 0 aliphatic carbocycles. The molecule has 0 fully saturated rings. The molecule has 0 saturated carbocycles. The lowest BCUT2D eigenvalue weighted by atomic mass is 10.1. The van der Waals surface area contributed by atoms with Crippen molar-refractivity contribution >= 4 is 22.4 Å². The Morgan fingerprint density at radius 2 is 2.12 bits per heavy atom. The first kappa shape index (κ1) is 17.0. The number of aryl methyl sites for hydroxylation is 1. The molecule has 0 unspecified atom stereocenters. The number of nitrogens with zero attached hydrogens (tertiary/aromatic N) is 3. The zero-order chi connectivity index (χ0) is 17.8. The second kappa shape index (κ2) is 7.35. The zero-order valence-corrected chi connectivity index (χ0v) is 15.0. The molecule has 130 valence electrons. The molecule has 0 aliphatic heterocycles. The van der Waals surface area contributed by atoms with E-state index in [9.17, 15) is 4.79 Å². The van der Waals surface area contributed by atoms with Crippen LogP contribution >= 0.6 is 11.3 Å². The number of methoxy groups -OCH3 is 2. The highest BCUT2D eigenvalue weighted by Gasteiger charge is 2.14. The molecule has 0 atom stereocenters. The van der Waals surface area contributed by atoms with Gasteiger partial charge in [-0.15, -0.1) is 11.3 Å². The van der Waals surface area contributed by atoms with Crippen LogP contribution in [0.2, 0.25) is 0 Å². The van der Waals surface area contributed by atoms with Gasteiger partial charge in [-0.3, -0.25) is 14.8 Å². The highest BCUT2D eigenvalue weighted by atomic mass is 32.1. The number of amides is 1. The van der Waals surface area contributed by atoms with Crippen molar-refractivity contribution in [1.29, 1.82) is 0 Å². The van der Waals surface area contributed by atoms with Crippen molar-refractivity contribution < 1.29 is 14.3 Å². The average molecular weight is 358 g/mol. The first-order valence-electron chi connectivity index (χ1n) is 7.67. The van der Waals surface area contributed by atoms with Crippen LogP contribution in [0.3, 0.4) is 0 Å². The van der Waals surface area contributed by atoms with Crippen molar-refractivity contribution in [2.45, 2.75) is 13.5 Å². The van der Waals surface area contributed by atoms with Gasteiger partial charge in [-0.1, -0.05) is 0 Å². The zero-order valence-electron chi connectivity index (χ0n) is 14.1. The molecule has 3 aromatic rings. The molecule has 1 N–H and O–H groups in total. The Bertz CT molecular complexity index is 888. The lowest BCUT2D eigenvalue weighted by Gasteiger charge is -2.08. The quantitative estimate of drug-likeness (QED) is 0.731. The third kappa shape index (κ3) is 3.63. The number of anilines is 1. The van der Waals surface area contributed by atoms with Crippen LogP contribution in [0.15, 0.2) is 35.8 Å². The fourth-order valence-corrected chi connectivity index (χ4v) is 2.99. The van der Waals surface area contributed by atoms with E-state index < -0.39 is 0 Å². The molecule has 2 heterocycles. The van der Waals surface area contributed by atoms with Crippen molar-refractivity contribution in [3.63, 3.8) is 0 Å². The molecule has 1 amide bonds. The molecular weight excluding hydrogens is 340 g/mol. The van der Waals surface area contributed by atoms with Crippen LogP contribution in [0.5, 0.6) is 11.5 Å². The summed E-state index contributed by atoms with van der Waals surface area (Å²) in [6.07, 6.45) is 1.77. The number of hydrogen-bond donors (Lipinski definition) is 1. The summed E-state index contributed by atoms with van der Waals surface area (Å²) >= 11 is 1.34. The summed E-state index contributed by atoms with van der Waals surface area (Å²) in [5.41, 5.74) is 1.91. The lowest BCUT2D eigenvalue weighted by molar-refractivity contribution is 0.102. The minimum absolute atomic E-state index is 0.283. The molecule has 0 saturated heterocycles. The average Bonchev–Trinajstić information content (AvgIpc) is 3.30. The summed E-state index contributed by atoms with van der Waals surface area (Å²) in [6, 6.07) is 7.19. The predicted molar refractivity (Wildman–Crippen MR) is 96.5 cm³/mol. The Labute approximate surface area is 149 Å². The van der Waals surface area contributed by atoms with Gasteiger partial charge < -0.3 is 9.47 Å². The maximum absolute atomic E-state index is 12.2. The minimum Gasteiger partial charge on any atom is -0.497 e. The first-order valence-corrected chi connectivity index (χ1v) is 8.55. The Balaban J connectivity index is 1.79. The third-order valence-corrected chi connectivity index (χ3v) is 4.36. The van der Waals surface area contributed by atoms with Gasteiger partial charge in [0.1, 0.15) is 11.5 Å². The Morgan fingerprint density at radius 1 is 1.28 bits per heavy atom. The third-order valence-electron chi connectivity index (χ3n) is 3.61. The van der Waals surface area contributed by atoms with Crippen molar-refractivity contribution in [3.8, 4) is 22.8 Å². The van der Waals surface area contributed by atoms with Crippen molar-refractivity contribution in [2.24, 2.45) is 0 Å². The number of ether oxygens (including phenoxy) is 2. The van der Waals surface area contributed by atoms with E-state index in [-0.39, 0.29) is 5.91 Å². The molecule has 3 rings (SSSR count). The second-order valence-corrected chi connectivity index (χ2v) is 5.97. The number of benzene rings is 1.